The van der Waals surface area contributed by atoms with Gasteiger partial charge in [0.05, 0.1) is 0 Å². The fourth-order valence-corrected chi connectivity index (χ4v) is 6.26. The maximum Gasteiger partial charge on any atom is 0.143 e. The van der Waals surface area contributed by atoms with E-state index < -0.39 is 0 Å². The van der Waals surface area contributed by atoms with Gasteiger partial charge in [-0.15, -0.1) is 0 Å². The third kappa shape index (κ3) is 5.74. The van der Waals surface area contributed by atoms with E-state index in [0.717, 1.165) is 66.8 Å². The molecule has 4 nitrogen and oxygen atoms in total. The molecule has 0 saturated carbocycles. The highest BCUT2D eigenvalue weighted by atomic mass is 16.3. The number of nitrogens with two attached hydrogens (primary N) is 1. The van der Waals surface area contributed by atoms with Gasteiger partial charge < -0.3 is 20.8 Å². The molecule has 1 unspecified atom stereocenters. The molecular formula is C43H33N3O. The monoisotopic (exact) mass is 607 g/mol. The molecule has 0 fully saturated rings. The van der Waals surface area contributed by atoms with E-state index in [9.17, 15) is 0 Å². The summed E-state index contributed by atoms with van der Waals surface area (Å²) < 4.78 is 6.42. The molecule has 0 aliphatic rings. The lowest BCUT2D eigenvalue weighted by Crippen LogP contribution is -2.19. The predicted molar refractivity (Wildman–Crippen MR) is 197 cm³/mol. The van der Waals surface area contributed by atoms with Crippen LogP contribution in [0.15, 0.2) is 174 Å². The summed E-state index contributed by atoms with van der Waals surface area (Å²) in [4.78, 5) is 0. The molecule has 0 radical (unpaired) electrons. The second kappa shape index (κ2) is 12.4. The molecule has 47 heavy (non-hydrogen) atoms. The maximum absolute atomic E-state index is 6.42. The number of nitrogens with one attached hydrogen (secondary N) is 2. The van der Waals surface area contributed by atoms with Crippen LogP contribution in [-0.4, -0.2) is 0 Å². The van der Waals surface area contributed by atoms with Crippen molar-refractivity contribution in [2.75, 3.05) is 10.6 Å². The number of hydrogen-bond acceptors (Lipinski definition) is 4. The van der Waals surface area contributed by atoms with E-state index in [1.807, 2.05) is 48.5 Å². The van der Waals surface area contributed by atoms with Gasteiger partial charge in [-0.2, -0.15) is 0 Å². The van der Waals surface area contributed by atoms with Crippen LogP contribution in [0.4, 0.5) is 17.1 Å². The van der Waals surface area contributed by atoms with E-state index >= 15 is 0 Å². The summed E-state index contributed by atoms with van der Waals surface area (Å²) >= 11 is 0. The molecule has 8 rings (SSSR count). The lowest BCUT2D eigenvalue weighted by molar-refractivity contribution is 0.670. The van der Waals surface area contributed by atoms with Crippen molar-refractivity contribution >= 4 is 39.0 Å². The van der Waals surface area contributed by atoms with Crippen molar-refractivity contribution in [1.82, 2.24) is 0 Å². The lowest BCUT2D eigenvalue weighted by Gasteiger charge is -2.18. The van der Waals surface area contributed by atoms with Gasteiger partial charge in [-0.1, -0.05) is 121 Å². The Labute approximate surface area is 274 Å². The fraction of sp³-hybridized carbons (Fsp3) is 0.0233. The molecule has 1 aromatic heterocycles. The van der Waals surface area contributed by atoms with Crippen molar-refractivity contribution in [2.45, 2.75) is 6.17 Å². The van der Waals surface area contributed by atoms with Gasteiger partial charge in [-0.25, -0.2) is 0 Å². The van der Waals surface area contributed by atoms with E-state index in [1.54, 1.807) is 0 Å². The third-order valence-electron chi connectivity index (χ3n) is 8.66. The van der Waals surface area contributed by atoms with Crippen LogP contribution in [0.25, 0.3) is 55.3 Å². The number of para-hydroxylation sites is 2. The molecule has 1 heterocycles. The van der Waals surface area contributed by atoms with Gasteiger partial charge in [-0.3, -0.25) is 0 Å². The number of furan rings is 1. The summed E-state index contributed by atoms with van der Waals surface area (Å²) in [5.41, 5.74) is 18.9. The quantitative estimate of drug-likeness (QED) is 0.150. The Hall–Kier alpha value is -6.10. The Morgan fingerprint density at radius 1 is 0.468 bits per heavy atom. The number of benzene rings is 7. The van der Waals surface area contributed by atoms with Gasteiger partial charge in [0, 0.05) is 39.0 Å². The van der Waals surface area contributed by atoms with Crippen LogP contribution in [0.2, 0.25) is 0 Å². The summed E-state index contributed by atoms with van der Waals surface area (Å²) in [5, 5.41) is 9.34. The first kappa shape index (κ1) is 28.4. The van der Waals surface area contributed by atoms with Crippen LogP contribution < -0.4 is 16.4 Å². The van der Waals surface area contributed by atoms with Crippen LogP contribution in [-0.2, 0) is 0 Å². The SMILES string of the molecule is NC(Nc1ccc(Nc2ccc(-c3cccc4c3oc3ccccc34)cc2-c2cccc(-c3ccccc3)c2)cc1)c1ccccc1. The molecule has 8 aromatic rings. The second-order valence-electron chi connectivity index (χ2n) is 11.7. The van der Waals surface area contributed by atoms with Crippen molar-refractivity contribution < 1.29 is 4.42 Å². The molecule has 7 aromatic carbocycles. The Bertz CT molecular complexity index is 2310. The van der Waals surface area contributed by atoms with Gasteiger partial charge in [0.2, 0.25) is 0 Å². The molecule has 0 amide bonds. The summed E-state index contributed by atoms with van der Waals surface area (Å²) in [6.07, 6.45) is -0.290. The molecule has 0 saturated heterocycles. The minimum Gasteiger partial charge on any atom is -0.455 e. The van der Waals surface area contributed by atoms with Crippen molar-refractivity contribution in [3.63, 3.8) is 0 Å². The molecule has 0 aliphatic heterocycles. The number of fused-ring (bicyclic) bond motifs is 3. The molecule has 4 heteroatoms. The van der Waals surface area contributed by atoms with Crippen molar-refractivity contribution in [3.8, 4) is 33.4 Å². The Morgan fingerprint density at radius 3 is 1.94 bits per heavy atom. The Kier molecular flexibility index (Phi) is 7.46. The van der Waals surface area contributed by atoms with E-state index in [2.05, 4.69) is 132 Å². The minimum atomic E-state index is -0.290. The zero-order valence-corrected chi connectivity index (χ0v) is 25.7. The summed E-state index contributed by atoms with van der Waals surface area (Å²) in [7, 11) is 0. The average Bonchev–Trinajstić information content (AvgIpc) is 3.52. The minimum absolute atomic E-state index is 0.290. The van der Waals surface area contributed by atoms with Crippen LogP contribution in [0.5, 0.6) is 0 Å². The van der Waals surface area contributed by atoms with Crippen LogP contribution in [0.1, 0.15) is 11.7 Å². The van der Waals surface area contributed by atoms with Crippen LogP contribution in [0, 0.1) is 0 Å². The molecule has 0 aliphatic carbocycles. The summed E-state index contributed by atoms with van der Waals surface area (Å²) in [6, 6.07) is 58.8. The highest BCUT2D eigenvalue weighted by Gasteiger charge is 2.15. The van der Waals surface area contributed by atoms with Crippen LogP contribution in [0.3, 0.4) is 0 Å². The van der Waals surface area contributed by atoms with Crippen molar-refractivity contribution in [3.05, 3.63) is 175 Å². The fourth-order valence-electron chi connectivity index (χ4n) is 6.26. The Morgan fingerprint density at radius 2 is 1.11 bits per heavy atom. The topological polar surface area (TPSA) is 63.2 Å². The normalized spacial score (nSPS) is 11.9. The zero-order valence-electron chi connectivity index (χ0n) is 25.7. The zero-order chi connectivity index (χ0) is 31.6. The molecule has 226 valence electrons. The number of anilines is 3. The lowest BCUT2D eigenvalue weighted by atomic mass is 9.94. The second-order valence-corrected chi connectivity index (χ2v) is 11.7. The first-order chi connectivity index (χ1) is 23.2. The van der Waals surface area contributed by atoms with E-state index in [4.69, 9.17) is 10.2 Å². The third-order valence-corrected chi connectivity index (χ3v) is 8.66. The van der Waals surface area contributed by atoms with Gasteiger partial charge in [0.1, 0.15) is 17.3 Å². The summed E-state index contributed by atoms with van der Waals surface area (Å²) in [5.74, 6) is 0. The average molecular weight is 608 g/mol. The van der Waals surface area contributed by atoms with Crippen molar-refractivity contribution in [2.24, 2.45) is 5.73 Å². The van der Waals surface area contributed by atoms with Crippen molar-refractivity contribution in [1.29, 1.82) is 0 Å². The van der Waals surface area contributed by atoms with E-state index in [1.165, 1.54) is 11.1 Å². The number of rotatable bonds is 8. The standard InChI is InChI=1S/C43H33N3O/c44-43(30-13-5-2-6-14-30)46-35-24-22-34(23-25-35)45-40-26-21-33(36-18-10-19-38-37-17-7-8-20-41(37)47-42(36)38)28-39(40)32-16-9-15-31(27-32)29-11-3-1-4-12-29/h1-28,43,45-46H,44H2. The van der Waals surface area contributed by atoms with E-state index in [-0.39, 0.29) is 6.17 Å². The highest BCUT2D eigenvalue weighted by molar-refractivity contribution is 6.09. The Balaban J connectivity index is 1.18. The van der Waals surface area contributed by atoms with Crippen LogP contribution >= 0.6 is 0 Å². The molecule has 1 atom stereocenters. The molecular weight excluding hydrogens is 574 g/mol. The number of hydrogen-bond donors (Lipinski definition) is 3. The molecule has 4 N–H and O–H groups in total. The maximum atomic E-state index is 6.42. The first-order valence-electron chi connectivity index (χ1n) is 15.8. The van der Waals surface area contributed by atoms with E-state index in [0.29, 0.717) is 0 Å². The predicted octanol–water partition coefficient (Wildman–Crippen LogP) is 11.4. The van der Waals surface area contributed by atoms with Gasteiger partial charge in [0.15, 0.2) is 0 Å². The van der Waals surface area contributed by atoms with Gasteiger partial charge >= 0.3 is 0 Å². The molecule has 0 bridgehead atoms. The first-order valence-corrected chi connectivity index (χ1v) is 15.8. The highest BCUT2D eigenvalue weighted by Crippen LogP contribution is 2.40. The molecule has 0 spiro atoms. The largest absolute Gasteiger partial charge is 0.455 e. The van der Waals surface area contributed by atoms with Gasteiger partial charge in [-0.05, 0) is 76.3 Å². The smallest absolute Gasteiger partial charge is 0.143 e. The summed E-state index contributed by atoms with van der Waals surface area (Å²) in [6.45, 7) is 0. The van der Waals surface area contributed by atoms with Gasteiger partial charge in [0.25, 0.3) is 0 Å².